The maximum Gasteiger partial charge on any atom is 0.338 e. The molecule has 0 unspecified atom stereocenters. The predicted molar refractivity (Wildman–Crippen MR) is 128 cm³/mol. The third-order valence-electron chi connectivity index (χ3n) is 6.25. The number of nitrogens with one attached hydrogen (secondary N) is 1. The molecular formula is C28H23NO6. The van der Waals surface area contributed by atoms with Crippen molar-refractivity contribution in [2.24, 2.45) is 0 Å². The molecule has 176 valence electrons. The number of Topliss-reactive ketones (excluding diaryl/α,β-unsaturated/α-hetero) is 1. The first-order chi connectivity index (χ1) is 16.9. The molecule has 7 nitrogen and oxygen atoms in total. The zero-order chi connectivity index (χ0) is 24.7. The number of carbonyl (C=O) groups is 3. The highest BCUT2D eigenvalue weighted by Crippen LogP contribution is 2.47. The maximum atomic E-state index is 13.5. The van der Waals surface area contributed by atoms with Crippen LogP contribution in [0, 0.1) is 0 Å². The molecule has 0 fully saturated rings. The van der Waals surface area contributed by atoms with Crippen molar-refractivity contribution in [3.8, 4) is 11.3 Å². The number of fused-ring (bicyclic) bond motifs is 2. The van der Waals surface area contributed by atoms with Gasteiger partial charge in [0.25, 0.3) is 0 Å². The van der Waals surface area contributed by atoms with Gasteiger partial charge in [-0.25, -0.2) is 9.59 Å². The molecule has 2 aromatic carbocycles. The van der Waals surface area contributed by atoms with Crippen LogP contribution in [-0.4, -0.2) is 31.4 Å². The second kappa shape index (κ2) is 8.76. The molecule has 1 aliphatic carbocycles. The van der Waals surface area contributed by atoms with Crippen LogP contribution in [0.5, 0.6) is 0 Å². The van der Waals surface area contributed by atoms with E-state index in [1.807, 2.05) is 18.2 Å². The number of dihydropyridines is 1. The van der Waals surface area contributed by atoms with Crippen molar-refractivity contribution >= 4 is 23.4 Å². The van der Waals surface area contributed by atoms with Gasteiger partial charge >= 0.3 is 11.9 Å². The Morgan fingerprint density at radius 1 is 0.971 bits per heavy atom. The van der Waals surface area contributed by atoms with Crippen molar-refractivity contribution in [3.63, 3.8) is 0 Å². The van der Waals surface area contributed by atoms with Gasteiger partial charge in [-0.1, -0.05) is 36.4 Å². The lowest BCUT2D eigenvalue weighted by molar-refractivity contribution is -0.136. The summed E-state index contributed by atoms with van der Waals surface area (Å²) in [4.78, 5) is 38.2. The number of esters is 2. The van der Waals surface area contributed by atoms with Crippen molar-refractivity contribution < 1.29 is 28.3 Å². The fraction of sp³-hybridized carbons (Fsp3) is 0.179. The number of benzene rings is 2. The summed E-state index contributed by atoms with van der Waals surface area (Å²) in [5, 5.41) is 3.25. The Hall–Kier alpha value is -4.39. The number of hydrogen-bond donors (Lipinski definition) is 1. The van der Waals surface area contributed by atoms with E-state index >= 15 is 0 Å². The number of hydrogen-bond acceptors (Lipinski definition) is 7. The molecule has 35 heavy (non-hydrogen) atoms. The summed E-state index contributed by atoms with van der Waals surface area (Å²) in [6.45, 7) is 3.84. The van der Waals surface area contributed by atoms with Gasteiger partial charge in [-0.15, -0.1) is 0 Å². The molecule has 0 saturated heterocycles. The van der Waals surface area contributed by atoms with Crippen LogP contribution in [0.1, 0.15) is 51.8 Å². The summed E-state index contributed by atoms with van der Waals surface area (Å²) in [6.07, 6.45) is 0. The molecular weight excluding hydrogens is 446 g/mol. The summed E-state index contributed by atoms with van der Waals surface area (Å²) in [6, 6.07) is 17.8. The molecule has 0 radical (unpaired) electrons. The second-order valence-electron chi connectivity index (χ2n) is 8.25. The summed E-state index contributed by atoms with van der Waals surface area (Å²) < 4.78 is 16.3. The van der Waals surface area contributed by atoms with Crippen LogP contribution in [0.25, 0.3) is 17.0 Å². The predicted octanol–water partition coefficient (Wildman–Crippen LogP) is 4.86. The lowest BCUT2D eigenvalue weighted by atomic mass is 9.83. The molecule has 0 bridgehead atoms. The Labute approximate surface area is 202 Å². The van der Waals surface area contributed by atoms with Gasteiger partial charge in [-0.05, 0) is 38.1 Å². The summed E-state index contributed by atoms with van der Waals surface area (Å²) in [5.41, 5.74) is 4.61. The third-order valence-corrected chi connectivity index (χ3v) is 6.25. The van der Waals surface area contributed by atoms with E-state index in [0.717, 1.165) is 11.1 Å². The number of ether oxygens (including phenoxy) is 2. The lowest BCUT2D eigenvalue weighted by Gasteiger charge is -2.27. The standard InChI is InChI=1S/C28H23NO6/c1-4-34-27(31)17-11-9-16(10-12-17)20-13-14-21(35-20)23-22(28(32)33-3)15(2)29-25-18-7-5-6-8-19(18)26(30)24(23)25/h5-14,23,29H,4H2,1-3H3/t23-/m1/s1. The maximum absolute atomic E-state index is 13.5. The molecule has 0 amide bonds. The minimum atomic E-state index is -0.730. The molecule has 2 heterocycles. The highest BCUT2D eigenvalue weighted by molar-refractivity contribution is 6.23. The molecule has 1 aromatic heterocycles. The Morgan fingerprint density at radius 2 is 1.69 bits per heavy atom. The first kappa shape index (κ1) is 22.4. The largest absolute Gasteiger partial charge is 0.466 e. The van der Waals surface area contributed by atoms with Gasteiger partial charge in [0, 0.05) is 28.0 Å². The second-order valence-corrected chi connectivity index (χ2v) is 8.25. The highest BCUT2D eigenvalue weighted by atomic mass is 16.5. The van der Waals surface area contributed by atoms with Crippen molar-refractivity contribution in [1.29, 1.82) is 0 Å². The van der Waals surface area contributed by atoms with E-state index < -0.39 is 17.9 Å². The topological polar surface area (TPSA) is 94.8 Å². The average molecular weight is 469 g/mol. The molecule has 0 saturated carbocycles. The van der Waals surface area contributed by atoms with Crippen molar-refractivity contribution in [3.05, 3.63) is 100.0 Å². The van der Waals surface area contributed by atoms with E-state index in [2.05, 4.69) is 5.32 Å². The Morgan fingerprint density at radius 3 is 2.37 bits per heavy atom. The van der Waals surface area contributed by atoms with Crippen molar-refractivity contribution in [1.82, 2.24) is 5.32 Å². The molecule has 3 aromatic rings. The number of allylic oxidation sites excluding steroid dienone is 2. The minimum Gasteiger partial charge on any atom is -0.466 e. The van der Waals surface area contributed by atoms with E-state index in [-0.39, 0.29) is 5.78 Å². The van der Waals surface area contributed by atoms with E-state index in [4.69, 9.17) is 13.9 Å². The van der Waals surface area contributed by atoms with E-state index in [0.29, 0.717) is 51.8 Å². The number of furan rings is 1. The molecule has 1 atom stereocenters. The van der Waals surface area contributed by atoms with Crippen LogP contribution in [0.15, 0.2) is 81.9 Å². The smallest absolute Gasteiger partial charge is 0.338 e. The summed E-state index contributed by atoms with van der Waals surface area (Å²) in [7, 11) is 1.31. The Bertz CT molecular complexity index is 1420. The molecule has 1 aliphatic heterocycles. The van der Waals surface area contributed by atoms with Crippen LogP contribution in [0.3, 0.4) is 0 Å². The number of carbonyl (C=O) groups excluding carboxylic acids is 3. The van der Waals surface area contributed by atoms with E-state index in [1.165, 1.54) is 7.11 Å². The van der Waals surface area contributed by atoms with Crippen LogP contribution >= 0.6 is 0 Å². The van der Waals surface area contributed by atoms with Crippen molar-refractivity contribution in [2.45, 2.75) is 19.8 Å². The van der Waals surface area contributed by atoms with Gasteiger partial charge in [0.1, 0.15) is 11.5 Å². The molecule has 2 aliphatic rings. The molecule has 0 spiro atoms. The monoisotopic (exact) mass is 469 g/mol. The number of methoxy groups -OCH3 is 1. The SMILES string of the molecule is CCOC(=O)c1ccc(-c2ccc([C@@H]3C(C(=O)OC)=C(C)NC4=C3C(=O)c3ccccc34)o2)cc1. The van der Waals surface area contributed by atoms with Crippen LogP contribution < -0.4 is 5.32 Å². The zero-order valence-corrected chi connectivity index (χ0v) is 19.5. The molecule has 7 heteroatoms. The number of ketones is 1. The zero-order valence-electron chi connectivity index (χ0n) is 19.5. The number of rotatable bonds is 5. The fourth-order valence-electron chi connectivity index (χ4n) is 4.64. The quantitative estimate of drug-likeness (QED) is 0.533. The minimum absolute atomic E-state index is 0.154. The van der Waals surface area contributed by atoms with Crippen LogP contribution in [-0.2, 0) is 14.3 Å². The fourth-order valence-corrected chi connectivity index (χ4v) is 4.64. The van der Waals surface area contributed by atoms with Gasteiger partial charge in [-0.3, -0.25) is 4.79 Å². The van der Waals surface area contributed by atoms with Crippen molar-refractivity contribution in [2.75, 3.05) is 13.7 Å². The third kappa shape index (κ3) is 3.65. The first-order valence-electron chi connectivity index (χ1n) is 11.3. The lowest BCUT2D eigenvalue weighted by Crippen LogP contribution is -2.28. The van der Waals surface area contributed by atoms with Gasteiger partial charge in [0.15, 0.2) is 5.78 Å². The summed E-state index contributed by atoms with van der Waals surface area (Å²) in [5.74, 6) is -0.821. The molecule has 5 rings (SSSR count). The first-order valence-corrected chi connectivity index (χ1v) is 11.3. The Balaban J connectivity index is 1.57. The van der Waals surface area contributed by atoms with Gasteiger partial charge < -0.3 is 19.2 Å². The Kier molecular flexibility index (Phi) is 5.61. The van der Waals surface area contributed by atoms with Gasteiger partial charge in [-0.2, -0.15) is 0 Å². The van der Waals surface area contributed by atoms with Crippen LogP contribution in [0.2, 0.25) is 0 Å². The highest BCUT2D eigenvalue weighted by Gasteiger charge is 2.44. The van der Waals surface area contributed by atoms with Crippen LogP contribution in [0.4, 0.5) is 0 Å². The van der Waals surface area contributed by atoms with E-state index in [9.17, 15) is 14.4 Å². The summed E-state index contributed by atoms with van der Waals surface area (Å²) >= 11 is 0. The van der Waals surface area contributed by atoms with E-state index in [1.54, 1.807) is 56.3 Å². The van der Waals surface area contributed by atoms with Gasteiger partial charge in [0.2, 0.25) is 0 Å². The van der Waals surface area contributed by atoms with Gasteiger partial charge in [0.05, 0.1) is 36.5 Å². The molecule has 1 N–H and O–H groups in total. The average Bonchev–Trinajstić information content (AvgIpc) is 3.47. The normalized spacial score (nSPS) is 16.5.